The number of hydrogen-bond donors (Lipinski definition) is 0. The quantitative estimate of drug-likeness (QED) is 0.163. The molecule has 4 aliphatic carbocycles. The van der Waals surface area contributed by atoms with E-state index >= 15 is 0 Å². The summed E-state index contributed by atoms with van der Waals surface area (Å²) >= 11 is 1.97. The second kappa shape index (κ2) is 15.1. The molecule has 2 nitrogen and oxygen atoms in total. The summed E-state index contributed by atoms with van der Waals surface area (Å²) in [6.07, 6.45) is 13.7. The monoisotopic (exact) mass is 953 g/mol. The minimum Gasteiger partial charge on any atom is -0.311 e. The van der Waals surface area contributed by atoms with Gasteiger partial charge >= 0.3 is 0 Å². The van der Waals surface area contributed by atoms with Gasteiger partial charge < -0.3 is 9.80 Å². The molecule has 0 spiro atoms. The Morgan fingerprint density at radius 1 is 0.437 bits per heavy atom. The molecular formula is C67H77BN2S. The lowest BCUT2D eigenvalue weighted by molar-refractivity contribution is 0.332. The van der Waals surface area contributed by atoms with Crippen molar-refractivity contribution in [2.75, 3.05) is 9.80 Å². The van der Waals surface area contributed by atoms with Crippen molar-refractivity contribution in [1.29, 1.82) is 0 Å². The van der Waals surface area contributed by atoms with Gasteiger partial charge in [-0.3, -0.25) is 0 Å². The Morgan fingerprint density at radius 2 is 0.944 bits per heavy atom. The van der Waals surface area contributed by atoms with Gasteiger partial charge in [0.05, 0.1) is 0 Å². The van der Waals surface area contributed by atoms with Gasteiger partial charge in [0.15, 0.2) is 0 Å². The van der Waals surface area contributed by atoms with E-state index in [1.807, 2.05) is 11.3 Å². The first kappa shape index (κ1) is 46.0. The summed E-state index contributed by atoms with van der Waals surface area (Å²) in [7, 11) is 0. The highest BCUT2D eigenvalue weighted by Crippen LogP contribution is 2.55. The summed E-state index contributed by atoms with van der Waals surface area (Å²) in [5, 5.41) is 2.76. The SMILES string of the molecule is Cc1cc2c(cc1N1c3cc4sc5ccccc5c4cc3B3c4cc5c(cc4N(c4ccc6c(c4)C(C)(C)CCC6(C)C)c4cc(C6CCCCC6)cc1c43)C(C)(C)CCC5(C)C)C(C)(C)CCC2(C)C. The Bertz CT molecular complexity index is 3400. The van der Waals surface area contributed by atoms with E-state index in [0.29, 0.717) is 5.92 Å². The molecule has 71 heavy (non-hydrogen) atoms. The lowest BCUT2D eigenvalue weighted by Crippen LogP contribution is -2.62. The average Bonchev–Trinajstić information content (AvgIpc) is 3.70. The molecule has 6 aromatic carbocycles. The van der Waals surface area contributed by atoms with E-state index < -0.39 is 0 Å². The number of benzene rings is 6. The van der Waals surface area contributed by atoms with Crippen molar-refractivity contribution in [3.8, 4) is 0 Å². The molecule has 1 aromatic heterocycles. The van der Waals surface area contributed by atoms with Crippen molar-refractivity contribution in [1.82, 2.24) is 0 Å². The highest BCUT2D eigenvalue weighted by molar-refractivity contribution is 7.26. The number of rotatable bonds is 3. The van der Waals surface area contributed by atoms with Gasteiger partial charge in [-0.05, 0) is 212 Å². The van der Waals surface area contributed by atoms with E-state index in [-0.39, 0.29) is 39.2 Å². The molecule has 0 amide bonds. The van der Waals surface area contributed by atoms with Crippen LogP contribution in [0.1, 0.15) is 204 Å². The van der Waals surface area contributed by atoms with Crippen LogP contribution in [0.15, 0.2) is 91.0 Å². The molecule has 2 aliphatic heterocycles. The Labute approximate surface area is 430 Å². The summed E-state index contributed by atoms with van der Waals surface area (Å²) in [4.78, 5) is 5.61. The van der Waals surface area contributed by atoms with E-state index in [2.05, 4.69) is 191 Å². The number of fused-ring (bicyclic) bond motifs is 10. The van der Waals surface area contributed by atoms with E-state index in [0.717, 1.165) is 0 Å². The molecule has 0 bridgehead atoms. The van der Waals surface area contributed by atoms with Crippen molar-refractivity contribution in [3.63, 3.8) is 0 Å². The third-order valence-corrected chi connectivity index (χ3v) is 21.3. The van der Waals surface area contributed by atoms with Gasteiger partial charge in [-0.1, -0.05) is 145 Å². The van der Waals surface area contributed by atoms with E-state index in [4.69, 9.17) is 0 Å². The molecule has 0 atom stereocenters. The molecule has 4 heteroatoms. The third-order valence-electron chi connectivity index (χ3n) is 20.1. The summed E-state index contributed by atoms with van der Waals surface area (Å²) < 4.78 is 2.75. The van der Waals surface area contributed by atoms with Crippen LogP contribution in [0.4, 0.5) is 34.1 Å². The number of hydrogen-bond acceptors (Lipinski definition) is 3. The van der Waals surface area contributed by atoms with Crippen LogP contribution in [0.25, 0.3) is 20.2 Å². The van der Waals surface area contributed by atoms with E-state index in [9.17, 15) is 0 Å². The Morgan fingerprint density at radius 3 is 1.58 bits per heavy atom. The highest BCUT2D eigenvalue weighted by atomic mass is 32.1. The average molecular weight is 953 g/mol. The van der Waals surface area contributed by atoms with Gasteiger partial charge in [-0.15, -0.1) is 11.3 Å². The van der Waals surface area contributed by atoms with E-state index in [1.54, 1.807) is 5.56 Å². The molecule has 1 fully saturated rings. The van der Waals surface area contributed by atoms with Gasteiger partial charge in [-0.2, -0.15) is 0 Å². The standard InChI is InChI=1S/C67H77BN2S/c1-40-31-47-50(66(10,11)29-27-63(47,4)5)37-54(40)70-56-39-60-45(44-21-17-18-22-59(44)71-60)35-52(56)68-53-36-49-51(67(12,13)30-28-65(49,8)9)38-55(53)69(43-23-24-46-48(34-43)64(6,7)26-25-62(46,2)3)57-32-42(33-58(70)61(57)68)41-19-15-14-16-20-41/h17-18,21-24,31-39,41H,14-16,19-20,25-30H2,1-13H3. The second-order valence-electron chi connectivity index (χ2n) is 27.6. The second-order valence-corrected chi connectivity index (χ2v) is 28.7. The molecule has 0 saturated heterocycles. The fourth-order valence-electron chi connectivity index (χ4n) is 15.2. The van der Waals surface area contributed by atoms with Crippen molar-refractivity contribution in [2.24, 2.45) is 0 Å². The smallest absolute Gasteiger partial charge is 0.252 e. The molecule has 13 rings (SSSR count). The first-order valence-electron chi connectivity index (χ1n) is 27.8. The van der Waals surface area contributed by atoms with Crippen LogP contribution in [0.5, 0.6) is 0 Å². The molecule has 0 radical (unpaired) electrons. The van der Waals surface area contributed by atoms with Crippen LogP contribution in [-0.2, 0) is 32.5 Å². The largest absolute Gasteiger partial charge is 0.311 e. The predicted molar refractivity (Wildman–Crippen MR) is 310 cm³/mol. The maximum absolute atomic E-state index is 2.81. The van der Waals surface area contributed by atoms with E-state index in [1.165, 1.54) is 180 Å². The topological polar surface area (TPSA) is 6.48 Å². The Balaban J connectivity index is 1.18. The van der Waals surface area contributed by atoms with Gasteiger partial charge in [0, 0.05) is 48.9 Å². The minimum atomic E-state index is 0.0633. The fourth-order valence-corrected chi connectivity index (χ4v) is 16.3. The first-order chi connectivity index (χ1) is 33.5. The zero-order valence-electron chi connectivity index (χ0n) is 45.4. The maximum atomic E-state index is 2.81. The normalized spacial score (nSPS) is 21.8. The van der Waals surface area contributed by atoms with Gasteiger partial charge in [0.1, 0.15) is 0 Å². The minimum absolute atomic E-state index is 0.0633. The molecule has 364 valence electrons. The van der Waals surface area contributed by atoms with Crippen LogP contribution >= 0.6 is 11.3 Å². The molecule has 0 N–H and O–H groups in total. The lowest BCUT2D eigenvalue weighted by atomic mass is 9.33. The summed E-state index contributed by atoms with van der Waals surface area (Å²) in [5.41, 5.74) is 25.3. The van der Waals surface area contributed by atoms with Gasteiger partial charge in [0.25, 0.3) is 6.71 Å². The number of anilines is 6. The van der Waals surface area contributed by atoms with Crippen LogP contribution in [0, 0.1) is 6.92 Å². The van der Waals surface area contributed by atoms with Crippen molar-refractivity contribution >= 4 is 88.7 Å². The molecular weight excluding hydrogens is 876 g/mol. The van der Waals surface area contributed by atoms with Crippen LogP contribution in [-0.4, -0.2) is 6.71 Å². The Hall–Kier alpha value is -4.80. The highest BCUT2D eigenvalue weighted by Gasteiger charge is 2.49. The van der Waals surface area contributed by atoms with Gasteiger partial charge in [0.2, 0.25) is 0 Å². The molecule has 3 heterocycles. The maximum Gasteiger partial charge on any atom is 0.252 e. The van der Waals surface area contributed by atoms with Crippen molar-refractivity contribution in [2.45, 2.75) is 199 Å². The number of nitrogens with zero attached hydrogens (tertiary/aromatic N) is 2. The number of aryl methyl sites for hydroxylation is 1. The molecule has 6 aliphatic rings. The molecule has 1 saturated carbocycles. The molecule has 7 aromatic rings. The number of thiophene rings is 1. The zero-order valence-corrected chi connectivity index (χ0v) is 46.2. The van der Waals surface area contributed by atoms with Crippen LogP contribution < -0.4 is 26.2 Å². The van der Waals surface area contributed by atoms with Crippen molar-refractivity contribution in [3.05, 3.63) is 136 Å². The third kappa shape index (κ3) is 6.77. The van der Waals surface area contributed by atoms with Crippen molar-refractivity contribution < 1.29 is 0 Å². The lowest BCUT2D eigenvalue weighted by Gasteiger charge is -2.48. The Kier molecular flexibility index (Phi) is 9.82. The van der Waals surface area contributed by atoms with Crippen LogP contribution in [0.3, 0.4) is 0 Å². The first-order valence-corrected chi connectivity index (χ1v) is 28.6. The summed E-state index contributed by atoms with van der Waals surface area (Å²) in [6.45, 7) is 32.5. The van der Waals surface area contributed by atoms with Crippen LogP contribution in [0.2, 0.25) is 0 Å². The fraction of sp³-hybridized carbons (Fsp3) is 0.463. The summed E-state index contributed by atoms with van der Waals surface area (Å²) in [5.74, 6) is 0.538. The zero-order chi connectivity index (χ0) is 49.5. The summed E-state index contributed by atoms with van der Waals surface area (Å²) in [6, 6.07) is 38.4. The predicted octanol–water partition coefficient (Wildman–Crippen LogP) is 17.5. The molecule has 0 unspecified atom stereocenters. The van der Waals surface area contributed by atoms with Gasteiger partial charge in [-0.25, -0.2) is 0 Å².